The van der Waals surface area contributed by atoms with Crippen LogP contribution in [-0.4, -0.2) is 29.4 Å². The van der Waals surface area contributed by atoms with E-state index in [2.05, 4.69) is 10.6 Å². The smallest absolute Gasteiger partial charge is 0.233 e. The Bertz CT molecular complexity index is 490. The normalized spacial score (nSPS) is 18.8. The highest BCUT2D eigenvalue weighted by atomic mass is 35.5. The van der Waals surface area contributed by atoms with Gasteiger partial charge in [-0.15, -0.1) is 11.8 Å². The van der Waals surface area contributed by atoms with Gasteiger partial charge in [-0.25, -0.2) is 0 Å². The number of anilines is 1. The maximum Gasteiger partial charge on any atom is 0.233 e. The maximum atomic E-state index is 11.9. The first kappa shape index (κ1) is 14.5. The van der Waals surface area contributed by atoms with E-state index in [1.54, 1.807) is 18.2 Å². The van der Waals surface area contributed by atoms with Gasteiger partial charge in [-0.1, -0.05) is 23.2 Å². The van der Waals surface area contributed by atoms with E-state index in [4.69, 9.17) is 23.2 Å². The summed E-state index contributed by atoms with van der Waals surface area (Å²) in [4.78, 5) is 23.4. The summed E-state index contributed by atoms with van der Waals surface area (Å²) in [6, 6.07) is 4.81. The minimum absolute atomic E-state index is 0.0875. The first-order valence-corrected chi connectivity index (χ1v) is 7.50. The van der Waals surface area contributed by atoms with Crippen LogP contribution in [0.2, 0.25) is 10.0 Å². The lowest BCUT2D eigenvalue weighted by Gasteiger charge is -2.20. The Morgan fingerprint density at radius 3 is 2.68 bits per heavy atom. The fourth-order valence-electron chi connectivity index (χ4n) is 1.72. The van der Waals surface area contributed by atoms with Crippen molar-refractivity contribution in [2.75, 3.05) is 17.6 Å². The zero-order chi connectivity index (χ0) is 13.8. The van der Waals surface area contributed by atoms with Gasteiger partial charge >= 0.3 is 0 Å². The average Bonchev–Trinajstić information content (AvgIpc) is 2.30. The van der Waals surface area contributed by atoms with Crippen LogP contribution in [0.4, 0.5) is 5.69 Å². The zero-order valence-electron chi connectivity index (χ0n) is 9.91. The molecule has 2 amide bonds. The molecule has 1 saturated heterocycles. The number of halogens is 2. The Labute approximate surface area is 125 Å². The molecular weight excluding hydrogens is 307 g/mol. The molecule has 0 saturated carbocycles. The van der Waals surface area contributed by atoms with E-state index < -0.39 is 0 Å². The topological polar surface area (TPSA) is 58.2 Å². The molecule has 1 atom stereocenters. The monoisotopic (exact) mass is 318 g/mol. The maximum absolute atomic E-state index is 11.9. The first-order valence-electron chi connectivity index (χ1n) is 5.70. The van der Waals surface area contributed by atoms with Crippen molar-refractivity contribution in [2.45, 2.75) is 11.7 Å². The third-order valence-corrected chi connectivity index (χ3v) is 4.19. The molecule has 1 aromatic carbocycles. The predicted molar refractivity (Wildman–Crippen MR) is 79.0 cm³/mol. The molecular formula is C12H12Cl2N2O2S. The van der Waals surface area contributed by atoms with Crippen LogP contribution in [0.5, 0.6) is 0 Å². The first-order chi connectivity index (χ1) is 9.04. The van der Waals surface area contributed by atoms with Crippen molar-refractivity contribution in [3.63, 3.8) is 0 Å². The summed E-state index contributed by atoms with van der Waals surface area (Å²) in [5, 5.41) is 6.00. The number of benzene rings is 1. The summed E-state index contributed by atoms with van der Waals surface area (Å²) >= 11 is 13.2. The zero-order valence-corrected chi connectivity index (χ0v) is 12.2. The van der Waals surface area contributed by atoms with Gasteiger partial charge in [-0.2, -0.15) is 0 Å². The molecule has 19 heavy (non-hydrogen) atoms. The predicted octanol–water partition coefficient (Wildman–Crippen LogP) is 2.55. The van der Waals surface area contributed by atoms with Gasteiger partial charge in [0.2, 0.25) is 11.8 Å². The van der Waals surface area contributed by atoms with E-state index in [0.717, 1.165) is 5.75 Å². The standard InChI is InChI=1S/C12H12Cl2N2O2S/c13-7-3-8(14)5-9(4-7)16-11(17)6-10-12(18)15-1-2-19-10/h3-5,10H,1-2,6H2,(H,15,18)(H,16,17)/t10-/m0/s1. The second-order valence-electron chi connectivity index (χ2n) is 4.06. The van der Waals surface area contributed by atoms with Gasteiger partial charge in [0.25, 0.3) is 0 Å². The summed E-state index contributed by atoms with van der Waals surface area (Å²) < 4.78 is 0. The molecule has 0 unspecified atom stereocenters. The molecule has 0 bridgehead atoms. The lowest BCUT2D eigenvalue weighted by atomic mass is 10.2. The number of carbonyl (C=O) groups is 2. The lowest BCUT2D eigenvalue weighted by molar-refractivity contribution is -0.123. The van der Waals surface area contributed by atoms with E-state index in [-0.39, 0.29) is 23.5 Å². The van der Waals surface area contributed by atoms with Gasteiger partial charge in [0.1, 0.15) is 0 Å². The van der Waals surface area contributed by atoms with E-state index in [9.17, 15) is 9.59 Å². The van der Waals surface area contributed by atoms with E-state index in [0.29, 0.717) is 22.3 Å². The number of hydrogen-bond donors (Lipinski definition) is 2. The summed E-state index contributed by atoms with van der Waals surface area (Å²) in [6.07, 6.45) is 0.140. The molecule has 2 N–H and O–H groups in total. The Morgan fingerprint density at radius 1 is 1.37 bits per heavy atom. The van der Waals surface area contributed by atoms with Gasteiger partial charge < -0.3 is 10.6 Å². The number of carbonyl (C=O) groups excluding carboxylic acids is 2. The highest BCUT2D eigenvalue weighted by Crippen LogP contribution is 2.23. The Balaban J connectivity index is 1.95. The lowest BCUT2D eigenvalue weighted by Crippen LogP contribution is -2.40. The van der Waals surface area contributed by atoms with Gasteiger partial charge in [0.05, 0.1) is 5.25 Å². The second kappa shape index (κ2) is 6.50. The SMILES string of the molecule is O=C(C[C@@H]1SCCNC1=O)Nc1cc(Cl)cc(Cl)c1. The molecule has 7 heteroatoms. The van der Waals surface area contributed by atoms with Crippen molar-refractivity contribution in [1.29, 1.82) is 0 Å². The molecule has 1 fully saturated rings. The molecule has 0 spiro atoms. The number of nitrogens with one attached hydrogen (secondary N) is 2. The average molecular weight is 319 g/mol. The van der Waals surface area contributed by atoms with E-state index in [1.807, 2.05) is 0 Å². The fraction of sp³-hybridized carbons (Fsp3) is 0.333. The number of rotatable bonds is 3. The van der Waals surface area contributed by atoms with Crippen molar-refractivity contribution in [2.24, 2.45) is 0 Å². The van der Waals surface area contributed by atoms with Crippen molar-refractivity contribution in [1.82, 2.24) is 5.32 Å². The minimum atomic E-state index is -0.330. The van der Waals surface area contributed by atoms with Crippen LogP contribution in [0, 0.1) is 0 Å². The quantitative estimate of drug-likeness (QED) is 0.900. The van der Waals surface area contributed by atoms with E-state index >= 15 is 0 Å². The Kier molecular flexibility index (Phi) is 4.96. The molecule has 0 aromatic heterocycles. The molecule has 2 rings (SSSR count). The van der Waals surface area contributed by atoms with E-state index in [1.165, 1.54) is 11.8 Å². The summed E-state index contributed by atoms with van der Waals surface area (Å²) in [7, 11) is 0. The highest BCUT2D eigenvalue weighted by molar-refractivity contribution is 8.00. The van der Waals surface area contributed by atoms with Crippen LogP contribution in [0.15, 0.2) is 18.2 Å². The molecule has 4 nitrogen and oxygen atoms in total. The van der Waals surface area contributed by atoms with Crippen LogP contribution in [0.3, 0.4) is 0 Å². The molecule has 1 aromatic rings. The van der Waals surface area contributed by atoms with Crippen LogP contribution in [-0.2, 0) is 9.59 Å². The van der Waals surface area contributed by atoms with Crippen LogP contribution in [0.1, 0.15) is 6.42 Å². The van der Waals surface area contributed by atoms with Crippen LogP contribution < -0.4 is 10.6 Å². The van der Waals surface area contributed by atoms with Crippen molar-refractivity contribution >= 4 is 52.5 Å². The largest absolute Gasteiger partial charge is 0.354 e. The number of hydrogen-bond acceptors (Lipinski definition) is 3. The Hall–Kier alpha value is -0.910. The minimum Gasteiger partial charge on any atom is -0.354 e. The fourth-order valence-corrected chi connectivity index (χ4v) is 3.26. The molecule has 0 radical (unpaired) electrons. The van der Waals surface area contributed by atoms with Gasteiger partial charge in [-0.3, -0.25) is 9.59 Å². The third-order valence-electron chi connectivity index (χ3n) is 2.53. The van der Waals surface area contributed by atoms with Crippen LogP contribution >= 0.6 is 35.0 Å². The molecule has 0 aliphatic carbocycles. The number of amides is 2. The number of thioether (sulfide) groups is 1. The molecule has 102 valence electrons. The summed E-state index contributed by atoms with van der Waals surface area (Å²) in [5.41, 5.74) is 0.531. The summed E-state index contributed by atoms with van der Waals surface area (Å²) in [6.45, 7) is 0.658. The van der Waals surface area contributed by atoms with Crippen LogP contribution in [0.25, 0.3) is 0 Å². The van der Waals surface area contributed by atoms with Crippen molar-refractivity contribution in [3.05, 3.63) is 28.2 Å². The molecule has 1 heterocycles. The Morgan fingerprint density at radius 2 is 2.05 bits per heavy atom. The second-order valence-corrected chi connectivity index (χ2v) is 6.24. The van der Waals surface area contributed by atoms with Crippen molar-refractivity contribution < 1.29 is 9.59 Å². The van der Waals surface area contributed by atoms with Gasteiger partial charge in [0, 0.05) is 34.5 Å². The molecule has 1 aliphatic rings. The summed E-state index contributed by atoms with van der Waals surface area (Å²) in [5.74, 6) is 0.510. The van der Waals surface area contributed by atoms with Crippen molar-refractivity contribution in [3.8, 4) is 0 Å². The molecule has 1 aliphatic heterocycles. The highest BCUT2D eigenvalue weighted by Gasteiger charge is 2.25. The van der Waals surface area contributed by atoms with Gasteiger partial charge in [0.15, 0.2) is 0 Å². The third kappa shape index (κ3) is 4.30. The van der Waals surface area contributed by atoms with Gasteiger partial charge in [-0.05, 0) is 18.2 Å².